The summed E-state index contributed by atoms with van der Waals surface area (Å²) < 4.78 is 40.7. The number of Topliss-reactive ketones (excluding diaryl/α,β-unsaturated/α-hetero) is 1. The highest BCUT2D eigenvalue weighted by Crippen LogP contribution is 2.37. The maximum Gasteiger partial charge on any atom is 0.416 e. The maximum absolute atomic E-state index is 12.9. The largest absolute Gasteiger partial charge is 0.416 e. The number of benzene rings is 1. The fourth-order valence-corrected chi connectivity index (χ4v) is 6.11. The van der Waals surface area contributed by atoms with Crippen LogP contribution in [-0.2, 0) is 13.2 Å². The molecule has 2 aliphatic heterocycles. The molecule has 0 amide bonds. The van der Waals surface area contributed by atoms with Crippen LogP contribution in [0.5, 0.6) is 0 Å². The van der Waals surface area contributed by atoms with Crippen molar-refractivity contribution in [2.45, 2.75) is 37.1 Å². The quantitative estimate of drug-likeness (QED) is 0.236. The number of likely N-dealkylation sites (tertiary alicyclic amines) is 1. The average Bonchev–Trinajstić information content (AvgIpc) is 3.56. The molecule has 3 aromatic rings. The molecule has 2 atom stereocenters. The summed E-state index contributed by atoms with van der Waals surface area (Å²) in [6.45, 7) is 5.33. The van der Waals surface area contributed by atoms with E-state index < -0.39 is 11.7 Å². The second-order valence-electron chi connectivity index (χ2n) is 9.67. The molecule has 0 spiro atoms. The third-order valence-electron chi connectivity index (χ3n) is 7.22. The van der Waals surface area contributed by atoms with Crippen LogP contribution in [0.4, 0.5) is 18.9 Å². The molecule has 1 aromatic carbocycles. The van der Waals surface area contributed by atoms with E-state index in [2.05, 4.69) is 25.0 Å². The number of nitrogens with zero attached hydrogens (tertiary/aromatic N) is 6. The molecule has 5 rings (SSSR count). The molecule has 2 aliphatic rings. The first-order valence-corrected chi connectivity index (χ1v) is 13.3. The van der Waals surface area contributed by atoms with Crippen LogP contribution in [0.3, 0.4) is 0 Å². The minimum absolute atomic E-state index is 0.0744. The fraction of sp³-hybridized carbons (Fsp3) is 0.462. The fourth-order valence-electron chi connectivity index (χ4n) is 5.27. The summed E-state index contributed by atoms with van der Waals surface area (Å²) >= 11 is 1.66. The van der Waals surface area contributed by atoms with Gasteiger partial charge in [0.1, 0.15) is 5.69 Å². The zero-order valence-corrected chi connectivity index (χ0v) is 21.6. The van der Waals surface area contributed by atoms with Gasteiger partial charge in [0, 0.05) is 62.8 Å². The van der Waals surface area contributed by atoms with E-state index in [9.17, 15) is 18.0 Å². The lowest BCUT2D eigenvalue weighted by Crippen LogP contribution is -2.35. The highest BCUT2D eigenvalue weighted by Gasteiger charge is 2.41. The van der Waals surface area contributed by atoms with Crippen molar-refractivity contribution in [2.75, 3.05) is 36.8 Å². The number of rotatable bonds is 8. The van der Waals surface area contributed by atoms with Crippen LogP contribution in [-0.4, -0.2) is 68.4 Å². The third kappa shape index (κ3) is 5.52. The van der Waals surface area contributed by atoms with E-state index in [0.29, 0.717) is 23.5 Å². The van der Waals surface area contributed by atoms with Gasteiger partial charge in [-0.15, -0.1) is 10.2 Å². The SMILES string of the molecule is CC(=O)c1ccc(-c2nnc(SCCCN3CC4CCN(c5ccc(C(F)(F)F)cc5)C4C3)n2C)cn1. The van der Waals surface area contributed by atoms with E-state index in [4.69, 9.17) is 0 Å². The van der Waals surface area contributed by atoms with Crippen LogP contribution in [0.1, 0.15) is 35.8 Å². The summed E-state index contributed by atoms with van der Waals surface area (Å²) in [5.74, 6) is 2.09. The number of carbonyl (C=O) groups excluding carboxylic acids is 1. The number of thioether (sulfide) groups is 1. The Balaban J connectivity index is 1.11. The van der Waals surface area contributed by atoms with E-state index in [1.165, 1.54) is 19.1 Å². The van der Waals surface area contributed by atoms with E-state index in [0.717, 1.165) is 61.2 Å². The Labute approximate surface area is 218 Å². The van der Waals surface area contributed by atoms with Crippen molar-refractivity contribution < 1.29 is 18.0 Å². The molecule has 0 radical (unpaired) electrons. The van der Waals surface area contributed by atoms with Gasteiger partial charge in [-0.2, -0.15) is 13.2 Å². The molecule has 196 valence electrons. The van der Waals surface area contributed by atoms with Crippen LogP contribution >= 0.6 is 11.8 Å². The molecule has 0 bridgehead atoms. The standard InChI is InChI=1S/C26H29F3N6OS/c1-17(36)22-9-4-18(14-30-22)24-31-32-25(33(24)2)37-13-3-11-34-15-19-10-12-35(23(19)16-34)21-7-5-20(6-8-21)26(27,28)29/h4-9,14,19,23H,3,10-13,15-16H2,1-2H3. The summed E-state index contributed by atoms with van der Waals surface area (Å²) in [4.78, 5) is 20.4. The van der Waals surface area contributed by atoms with Gasteiger partial charge in [0.25, 0.3) is 0 Å². The van der Waals surface area contributed by atoms with Gasteiger partial charge >= 0.3 is 6.18 Å². The lowest BCUT2D eigenvalue weighted by molar-refractivity contribution is -0.137. The number of anilines is 1. The molecular formula is C26H29F3N6OS. The molecule has 0 saturated carbocycles. The lowest BCUT2D eigenvalue weighted by Gasteiger charge is -2.27. The average molecular weight is 531 g/mol. The van der Waals surface area contributed by atoms with Crippen molar-refractivity contribution >= 4 is 23.2 Å². The first-order valence-electron chi connectivity index (χ1n) is 12.4. The molecule has 4 heterocycles. The maximum atomic E-state index is 12.9. The Morgan fingerprint density at radius 3 is 2.57 bits per heavy atom. The monoisotopic (exact) mass is 530 g/mol. The van der Waals surface area contributed by atoms with Crippen LogP contribution < -0.4 is 4.90 Å². The number of carbonyl (C=O) groups is 1. The van der Waals surface area contributed by atoms with Crippen LogP contribution in [0, 0.1) is 5.92 Å². The van der Waals surface area contributed by atoms with Crippen LogP contribution in [0.15, 0.2) is 47.8 Å². The Morgan fingerprint density at radius 2 is 1.89 bits per heavy atom. The molecule has 2 aromatic heterocycles. The van der Waals surface area contributed by atoms with Gasteiger partial charge in [0.2, 0.25) is 0 Å². The van der Waals surface area contributed by atoms with Crippen LogP contribution in [0.25, 0.3) is 11.4 Å². The van der Waals surface area contributed by atoms with E-state index in [1.807, 2.05) is 17.7 Å². The summed E-state index contributed by atoms with van der Waals surface area (Å²) in [7, 11) is 1.92. The van der Waals surface area contributed by atoms with E-state index in [1.54, 1.807) is 36.2 Å². The van der Waals surface area contributed by atoms with Gasteiger partial charge in [-0.3, -0.25) is 9.78 Å². The summed E-state index contributed by atoms with van der Waals surface area (Å²) in [6.07, 6.45) is -0.588. The lowest BCUT2D eigenvalue weighted by atomic mass is 10.0. The first kappa shape index (κ1) is 25.7. The van der Waals surface area contributed by atoms with Crippen LogP contribution in [0.2, 0.25) is 0 Å². The smallest absolute Gasteiger partial charge is 0.367 e. The van der Waals surface area contributed by atoms with Gasteiger partial charge in [-0.1, -0.05) is 11.8 Å². The normalized spacial score (nSPS) is 20.0. The number of fused-ring (bicyclic) bond motifs is 1. The van der Waals surface area contributed by atoms with Crippen molar-refractivity contribution in [2.24, 2.45) is 13.0 Å². The number of alkyl halides is 3. The molecule has 0 N–H and O–H groups in total. The summed E-state index contributed by atoms with van der Waals surface area (Å²) in [5, 5.41) is 9.45. The van der Waals surface area contributed by atoms with Crippen molar-refractivity contribution in [1.29, 1.82) is 0 Å². The molecule has 2 unspecified atom stereocenters. The number of hydrogen-bond donors (Lipinski definition) is 0. The molecule has 11 heteroatoms. The summed E-state index contributed by atoms with van der Waals surface area (Å²) in [6, 6.07) is 9.46. The second kappa shape index (κ2) is 10.4. The molecule has 7 nitrogen and oxygen atoms in total. The Morgan fingerprint density at radius 1 is 1.11 bits per heavy atom. The number of aromatic nitrogens is 4. The number of pyridine rings is 1. The van der Waals surface area contributed by atoms with Gasteiger partial charge in [-0.25, -0.2) is 0 Å². The zero-order chi connectivity index (χ0) is 26.2. The van der Waals surface area contributed by atoms with Crippen molar-refractivity contribution in [3.8, 4) is 11.4 Å². The Bertz CT molecular complexity index is 1240. The topological polar surface area (TPSA) is 67.2 Å². The van der Waals surface area contributed by atoms with Crippen molar-refractivity contribution in [3.63, 3.8) is 0 Å². The van der Waals surface area contributed by atoms with Gasteiger partial charge in [0.15, 0.2) is 16.8 Å². The Hall–Kier alpha value is -2.92. The molecule has 0 aliphatic carbocycles. The van der Waals surface area contributed by atoms with Crippen molar-refractivity contribution in [3.05, 3.63) is 53.9 Å². The second-order valence-corrected chi connectivity index (χ2v) is 10.7. The number of halogens is 3. The van der Waals surface area contributed by atoms with Gasteiger partial charge < -0.3 is 14.4 Å². The predicted molar refractivity (Wildman–Crippen MR) is 137 cm³/mol. The minimum atomic E-state index is -4.31. The zero-order valence-electron chi connectivity index (χ0n) is 20.8. The number of ketones is 1. The number of hydrogen-bond acceptors (Lipinski definition) is 7. The molecule has 2 fully saturated rings. The summed E-state index contributed by atoms with van der Waals surface area (Å²) in [5.41, 5.74) is 1.51. The molecular weight excluding hydrogens is 501 g/mol. The predicted octanol–water partition coefficient (Wildman–Crippen LogP) is 4.79. The van der Waals surface area contributed by atoms with E-state index >= 15 is 0 Å². The van der Waals surface area contributed by atoms with Gasteiger partial charge in [-0.05, 0) is 61.7 Å². The molecule has 37 heavy (non-hydrogen) atoms. The third-order valence-corrected chi connectivity index (χ3v) is 8.32. The first-order chi connectivity index (χ1) is 17.7. The highest BCUT2D eigenvalue weighted by atomic mass is 32.2. The van der Waals surface area contributed by atoms with E-state index in [-0.39, 0.29) is 5.78 Å². The molecule has 2 saturated heterocycles. The Kier molecular flexibility index (Phi) is 7.26. The highest BCUT2D eigenvalue weighted by molar-refractivity contribution is 7.99. The van der Waals surface area contributed by atoms with Gasteiger partial charge in [0.05, 0.1) is 5.56 Å². The van der Waals surface area contributed by atoms with Crippen molar-refractivity contribution in [1.82, 2.24) is 24.6 Å². The minimum Gasteiger partial charge on any atom is -0.367 e.